The van der Waals surface area contributed by atoms with Gasteiger partial charge in [-0.2, -0.15) is 0 Å². The minimum absolute atomic E-state index is 0.0660. The molecule has 0 aromatic heterocycles. The predicted octanol–water partition coefficient (Wildman–Crippen LogP) is 6.62. The molecule has 0 N–H and O–H groups in total. The summed E-state index contributed by atoms with van der Waals surface area (Å²) in [6.45, 7) is 25.4. The Morgan fingerprint density at radius 1 is 1.06 bits per heavy atom. The van der Waals surface area contributed by atoms with Crippen LogP contribution in [0.2, 0.25) is 18.1 Å². The van der Waals surface area contributed by atoms with Crippen molar-refractivity contribution in [3.05, 3.63) is 12.2 Å². The number of ether oxygens (including phenoxy) is 3. The molecule has 0 radical (unpaired) electrons. The van der Waals surface area contributed by atoms with Crippen molar-refractivity contribution in [3.63, 3.8) is 0 Å². The average Bonchev–Trinajstić information content (AvgIpc) is 2.53. The number of hydrogen-bond acceptors (Lipinski definition) is 5. The lowest BCUT2D eigenvalue weighted by atomic mass is 9.94. The van der Waals surface area contributed by atoms with Gasteiger partial charge in [-0.1, -0.05) is 33.8 Å². The zero-order valence-electron chi connectivity index (χ0n) is 22.1. The summed E-state index contributed by atoms with van der Waals surface area (Å²) >= 11 is 0. The van der Waals surface area contributed by atoms with E-state index in [2.05, 4.69) is 61.6 Å². The first kappa shape index (κ1) is 28.3. The fourth-order valence-electron chi connectivity index (χ4n) is 3.18. The van der Waals surface area contributed by atoms with Crippen molar-refractivity contribution in [1.82, 2.24) is 0 Å². The van der Waals surface area contributed by atoms with Crippen LogP contribution in [0, 0.1) is 5.92 Å². The number of esters is 1. The van der Waals surface area contributed by atoms with E-state index in [1.165, 1.54) is 6.08 Å². The lowest BCUT2D eigenvalue weighted by Crippen LogP contribution is -2.54. The molecule has 1 saturated heterocycles. The summed E-state index contributed by atoms with van der Waals surface area (Å²) in [5.41, 5.74) is -0.882. The summed E-state index contributed by atoms with van der Waals surface area (Å²) in [6.07, 6.45) is 5.47. The van der Waals surface area contributed by atoms with Crippen LogP contribution in [-0.2, 0) is 23.4 Å². The summed E-state index contributed by atoms with van der Waals surface area (Å²) in [6, 6.07) is 0. The maximum atomic E-state index is 11.9. The molecule has 0 bridgehead atoms. The molecule has 0 amide bonds. The van der Waals surface area contributed by atoms with Crippen molar-refractivity contribution in [3.8, 4) is 0 Å². The van der Waals surface area contributed by atoms with Crippen molar-refractivity contribution in [2.75, 3.05) is 0 Å². The van der Waals surface area contributed by atoms with Crippen molar-refractivity contribution in [1.29, 1.82) is 0 Å². The van der Waals surface area contributed by atoms with Gasteiger partial charge in [0.2, 0.25) is 0 Å². The van der Waals surface area contributed by atoms with Gasteiger partial charge >= 0.3 is 5.97 Å². The highest BCUT2D eigenvalue weighted by Crippen LogP contribution is 2.40. The summed E-state index contributed by atoms with van der Waals surface area (Å²) in [4.78, 5) is 11.9. The first-order valence-corrected chi connectivity index (χ1v) is 14.6. The molecule has 0 spiro atoms. The number of carbonyl (C=O) groups is 1. The molecular weight excluding hydrogens is 408 g/mol. The smallest absolute Gasteiger partial charge is 0.330 e. The van der Waals surface area contributed by atoms with Crippen LogP contribution in [0.15, 0.2) is 12.2 Å². The Balaban J connectivity index is 2.76. The van der Waals surface area contributed by atoms with Crippen LogP contribution in [0.4, 0.5) is 0 Å². The fourth-order valence-corrected chi connectivity index (χ4v) is 4.50. The van der Waals surface area contributed by atoms with E-state index in [0.717, 1.165) is 19.3 Å². The van der Waals surface area contributed by atoms with Gasteiger partial charge < -0.3 is 18.6 Å². The molecule has 1 aliphatic heterocycles. The van der Waals surface area contributed by atoms with E-state index in [1.54, 1.807) is 0 Å². The second kappa shape index (κ2) is 10.5. The Labute approximate surface area is 192 Å². The van der Waals surface area contributed by atoms with Gasteiger partial charge in [0.05, 0.1) is 17.8 Å². The minimum Gasteiger partial charge on any atom is -0.457 e. The topological polar surface area (TPSA) is 54.0 Å². The highest BCUT2D eigenvalue weighted by molar-refractivity contribution is 6.74. The third-order valence-electron chi connectivity index (χ3n) is 6.32. The van der Waals surface area contributed by atoms with E-state index >= 15 is 0 Å². The van der Waals surface area contributed by atoms with E-state index in [-0.39, 0.29) is 29.5 Å². The molecule has 6 heteroatoms. The van der Waals surface area contributed by atoms with Gasteiger partial charge in [-0.05, 0) is 84.9 Å². The quantitative estimate of drug-likeness (QED) is 0.233. The van der Waals surface area contributed by atoms with Crippen molar-refractivity contribution in [2.24, 2.45) is 5.92 Å². The molecule has 0 aliphatic carbocycles. The lowest BCUT2D eigenvalue weighted by molar-refractivity contribution is -0.280. The summed E-state index contributed by atoms with van der Waals surface area (Å²) in [5, 5.41) is 0.131. The number of carbonyl (C=O) groups excluding carboxylic acids is 1. The second-order valence-corrected chi connectivity index (χ2v) is 16.9. The molecule has 0 saturated carbocycles. The van der Waals surface area contributed by atoms with Gasteiger partial charge in [0, 0.05) is 6.08 Å². The molecule has 31 heavy (non-hydrogen) atoms. The highest BCUT2D eigenvalue weighted by atomic mass is 28.4. The van der Waals surface area contributed by atoms with E-state index < -0.39 is 19.5 Å². The Kier molecular flexibility index (Phi) is 9.59. The van der Waals surface area contributed by atoms with E-state index in [1.807, 2.05) is 26.8 Å². The molecule has 182 valence electrons. The summed E-state index contributed by atoms with van der Waals surface area (Å²) in [5.74, 6) is 0.113. The molecule has 1 aliphatic rings. The molecular formula is C25H48O5Si. The molecule has 0 aromatic rings. The number of rotatable bonds is 8. The zero-order valence-corrected chi connectivity index (χ0v) is 23.1. The Morgan fingerprint density at radius 3 is 2.16 bits per heavy atom. The van der Waals surface area contributed by atoms with Crippen LogP contribution in [0.5, 0.6) is 0 Å². The Hall–Kier alpha value is -0.693. The minimum atomic E-state index is -1.95. The fraction of sp³-hybridized carbons (Fsp3) is 0.880. The normalized spacial score (nSPS) is 26.3. The molecule has 5 nitrogen and oxygen atoms in total. The first-order chi connectivity index (χ1) is 13.8. The van der Waals surface area contributed by atoms with Crippen LogP contribution in [0.25, 0.3) is 0 Å². The first-order valence-electron chi connectivity index (χ1n) is 11.7. The van der Waals surface area contributed by atoms with E-state index in [4.69, 9.17) is 18.6 Å². The predicted molar refractivity (Wildman–Crippen MR) is 130 cm³/mol. The third-order valence-corrected chi connectivity index (χ3v) is 10.8. The van der Waals surface area contributed by atoms with Crippen LogP contribution in [0.3, 0.4) is 0 Å². The lowest BCUT2D eigenvalue weighted by Gasteiger charge is -2.47. The highest BCUT2D eigenvalue weighted by Gasteiger charge is 2.45. The standard InChI is InChI=1S/C25H48O5Si/c1-18-17-20(30-31(11,12)24(6,7)8)22(27-19(18)2)29-25(9,10)16-14-13-15-21(26)28-23(3,4)5/h13,15,18-20,22H,14,16-17H2,1-12H3/b15-13+/t18-,19+,20-,22+/m1/s1. The molecule has 0 aromatic carbocycles. The van der Waals surface area contributed by atoms with Crippen LogP contribution in [0.1, 0.15) is 88.5 Å². The number of hydrogen-bond donors (Lipinski definition) is 0. The Morgan fingerprint density at radius 2 is 1.65 bits per heavy atom. The van der Waals surface area contributed by atoms with Gasteiger partial charge in [-0.15, -0.1) is 0 Å². The van der Waals surface area contributed by atoms with Gasteiger partial charge in [0.1, 0.15) is 5.60 Å². The van der Waals surface area contributed by atoms with Crippen LogP contribution < -0.4 is 0 Å². The largest absolute Gasteiger partial charge is 0.457 e. The van der Waals surface area contributed by atoms with Gasteiger partial charge in [-0.25, -0.2) is 4.79 Å². The van der Waals surface area contributed by atoms with Gasteiger partial charge in [-0.3, -0.25) is 0 Å². The van der Waals surface area contributed by atoms with E-state index in [9.17, 15) is 4.79 Å². The van der Waals surface area contributed by atoms with Crippen molar-refractivity contribution < 1.29 is 23.4 Å². The zero-order chi connectivity index (χ0) is 24.3. The van der Waals surface area contributed by atoms with E-state index in [0.29, 0.717) is 5.92 Å². The van der Waals surface area contributed by atoms with Crippen molar-refractivity contribution >= 4 is 14.3 Å². The molecule has 0 unspecified atom stereocenters. The average molecular weight is 457 g/mol. The SMILES string of the molecule is C[C@@H]1C[C@@H](O[Si](C)(C)C(C)(C)C)[C@H](OC(C)(C)CC/C=C/C(=O)OC(C)(C)C)O[C@H]1C. The third kappa shape index (κ3) is 9.76. The summed E-state index contributed by atoms with van der Waals surface area (Å²) in [7, 11) is -1.95. The Bertz CT molecular complexity index is 612. The van der Waals surface area contributed by atoms with Crippen LogP contribution in [-0.4, -0.2) is 44.0 Å². The molecule has 4 atom stereocenters. The monoisotopic (exact) mass is 456 g/mol. The van der Waals surface area contributed by atoms with Gasteiger partial charge in [0.25, 0.3) is 0 Å². The maximum Gasteiger partial charge on any atom is 0.330 e. The molecule has 1 rings (SSSR count). The van der Waals surface area contributed by atoms with Crippen molar-refractivity contribution in [2.45, 2.75) is 136 Å². The second-order valence-electron chi connectivity index (χ2n) is 12.2. The molecule has 1 heterocycles. The molecule has 1 fully saturated rings. The van der Waals surface area contributed by atoms with Gasteiger partial charge in [0.15, 0.2) is 14.6 Å². The summed E-state index contributed by atoms with van der Waals surface area (Å²) < 4.78 is 24.8. The van der Waals surface area contributed by atoms with Crippen LogP contribution >= 0.6 is 0 Å². The number of allylic oxidation sites excluding steroid dienone is 1. The maximum absolute atomic E-state index is 11.9.